The van der Waals surface area contributed by atoms with Crippen LogP contribution in [0.4, 0.5) is 11.4 Å². The lowest BCUT2D eigenvalue weighted by Crippen LogP contribution is -2.48. The maximum Gasteiger partial charge on any atom is 0.253 e. The van der Waals surface area contributed by atoms with Gasteiger partial charge < -0.3 is 20.4 Å². The van der Waals surface area contributed by atoms with Crippen LogP contribution < -0.4 is 15.5 Å². The highest BCUT2D eigenvalue weighted by Crippen LogP contribution is 2.32. The first-order valence-corrected chi connectivity index (χ1v) is 9.19. The third-order valence-corrected chi connectivity index (χ3v) is 5.92. The number of hydrogen-bond donors (Lipinski definition) is 2. The standard InChI is InChI=1S/C19H26N4O2/c1-22-8-7-18(24)21-16-9-12(3-6-17(16)22)19(25)23(2)15-10-13-4-5-14(11-15)20-13/h3,6,9,13-15,20H,4-5,7-8,10-11H2,1-2H3,(H,21,24). The quantitative estimate of drug-likeness (QED) is 0.860. The summed E-state index contributed by atoms with van der Waals surface area (Å²) < 4.78 is 0. The molecule has 134 valence electrons. The molecule has 25 heavy (non-hydrogen) atoms. The first-order valence-electron chi connectivity index (χ1n) is 9.19. The topological polar surface area (TPSA) is 64.7 Å². The summed E-state index contributed by atoms with van der Waals surface area (Å²) in [6.07, 6.45) is 4.97. The van der Waals surface area contributed by atoms with Crippen molar-refractivity contribution >= 4 is 23.2 Å². The molecule has 4 rings (SSSR count). The lowest BCUT2D eigenvalue weighted by Gasteiger charge is -2.35. The molecular formula is C19H26N4O2. The summed E-state index contributed by atoms with van der Waals surface area (Å²) in [5, 5.41) is 6.55. The van der Waals surface area contributed by atoms with Gasteiger partial charge in [0.2, 0.25) is 5.91 Å². The average molecular weight is 342 g/mol. The molecule has 1 aromatic carbocycles. The molecule has 0 radical (unpaired) electrons. The number of rotatable bonds is 2. The van der Waals surface area contributed by atoms with Crippen LogP contribution in [0.5, 0.6) is 0 Å². The van der Waals surface area contributed by atoms with Crippen molar-refractivity contribution < 1.29 is 9.59 Å². The molecule has 0 aliphatic carbocycles. The molecule has 0 spiro atoms. The fourth-order valence-corrected chi connectivity index (χ4v) is 4.42. The minimum atomic E-state index is -0.00140. The van der Waals surface area contributed by atoms with E-state index in [9.17, 15) is 9.59 Å². The summed E-state index contributed by atoms with van der Waals surface area (Å²) in [5.41, 5.74) is 2.34. The molecule has 2 saturated heterocycles. The van der Waals surface area contributed by atoms with Gasteiger partial charge in [-0.1, -0.05) is 0 Å². The van der Waals surface area contributed by atoms with Gasteiger partial charge in [0.25, 0.3) is 5.91 Å². The number of nitrogens with one attached hydrogen (secondary N) is 2. The van der Waals surface area contributed by atoms with Crippen LogP contribution in [0.15, 0.2) is 18.2 Å². The zero-order valence-electron chi connectivity index (χ0n) is 14.9. The van der Waals surface area contributed by atoms with Gasteiger partial charge >= 0.3 is 0 Å². The van der Waals surface area contributed by atoms with Gasteiger partial charge in [0.1, 0.15) is 0 Å². The summed E-state index contributed by atoms with van der Waals surface area (Å²) in [4.78, 5) is 28.8. The van der Waals surface area contributed by atoms with Crippen LogP contribution in [0.1, 0.15) is 42.5 Å². The number of amides is 2. The number of anilines is 2. The van der Waals surface area contributed by atoms with Gasteiger partial charge in [0, 0.05) is 50.7 Å². The molecule has 2 N–H and O–H groups in total. The van der Waals surface area contributed by atoms with E-state index in [0.29, 0.717) is 36.7 Å². The molecule has 6 nitrogen and oxygen atoms in total. The van der Waals surface area contributed by atoms with Crippen molar-refractivity contribution in [2.75, 3.05) is 30.9 Å². The molecular weight excluding hydrogens is 316 g/mol. The SMILES string of the molecule is CN1CCC(=O)Nc2cc(C(=O)N(C)C3CC4CCC(C3)N4)ccc21. The summed E-state index contributed by atoms with van der Waals surface area (Å²) in [6, 6.07) is 7.04. The van der Waals surface area contributed by atoms with E-state index in [4.69, 9.17) is 0 Å². The van der Waals surface area contributed by atoms with Crippen LogP contribution in [0.2, 0.25) is 0 Å². The Labute approximate surface area is 148 Å². The van der Waals surface area contributed by atoms with Gasteiger partial charge in [-0.15, -0.1) is 0 Å². The van der Waals surface area contributed by atoms with Crippen molar-refractivity contribution in [1.82, 2.24) is 10.2 Å². The number of hydrogen-bond acceptors (Lipinski definition) is 4. The Hall–Kier alpha value is -2.08. The highest BCUT2D eigenvalue weighted by atomic mass is 16.2. The van der Waals surface area contributed by atoms with E-state index < -0.39 is 0 Å². The van der Waals surface area contributed by atoms with Gasteiger partial charge in [-0.05, 0) is 43.9 Å². The first kappa shape index (κ1) is 16.4. The number of carbonyl (C=O) groups excluding carboxylic acids is 2. The normalized spacial score (nSPS) is 28.2. The van der Waals surface area contributed by atoms with Crippen LogP contribution in [-0.2, 0) is 4.79 Å². The second-order valence-corrected chi connectivity index (χ2v) is 7.63. The van der Waals surface area contributed by atoms with Crippen molar-refractivity contribution in [3.63, 3.8) is 0 Å². The number of fused-ring (bicyclic) bond motifs is 3. The minimum Gasteiger partial charge on any atom is -0.372 e. The summed E-state index contributed by atoms with van der Waals surface area (Å²) in [6.45, 7) is 0.684. The van der Waals surface area contributed by atoms with E-state index >= 15 is 0 Å². The summed E-state index contributed by atoms with van der Waals surface area (Å²) in [5.74, 6) is 0.0359. The molecule has 1 aromatic rings. The van der Waals surface area contributed by atoms with Crippen molar-refractivity contribution in [1.29, 1.82) is 0 Å². The van der Waals surface area contributed by atoms with Gasteiger partial charge in [-0.2, -0.15) is 0 Å². The Balaban J connectivity index is 1.55. The van der Waals surface area contributed by atoms with E-state index in [-0.39, 0.29) is 11.8 Å². The highest BCUT2D eigenvalue weighted by Gasteiger charge is 2.36. The molecule has 2 unspecified atom stereocenters. The minimum absolute atomic E-state index is 0.00140. The van der Waals surface area contributed by atoms with Gasteiger partial charge in [0.05, 0.1) is 11.4 Å². The Morgan fingerprint density at radius 1 is 1.24 bits per heavy atom. The number of benzene rings is 1. The Kier molecular flexibility index (Phi) is 4.15. The average Bonchev–Trinajstić information content (AvgIpc) is 2.88. The van der Waals surface area contributed by atoms with Crippen LogP contribution in [0, 0.1) is 0 Å². The highest BCUT2D eigenvalue weighted by molar-refractivity contribution is 6.00. The zero-order chi connectivity index (χ0) is 17.6. The third kappa shape index (κ3) is 3.11. The third-order valence-electron chi connectivity index (χ3n) is 5.92. The molecule has 3 aliphatic rings. The summed E-state index contributed by atoms with van der Waals surface area (Å²) in [7, 11) is 3.88. The number of nitrogens with zero attached hydrogens (tertiary/aromatic N) is 2. The second-order valence-electron chi connectivity index (χ2n) is 7.63. The predicted molar refractivity (Wildman–Crippen MR) is 98.0 cm³/mol. The fraction of sp³-hybridized carbons (Fsp3) is 0.579. The van der Waals surface area contributed by atoms with E-state index in [1.54, 1.807) is 0 Å². The van der Waals surface area contributed by atoms with E-state index in [2.05, 4.69) is 15.5 Å². The maximum absolute atomic E-state index is 13.0. The van der Waals surface area contributed by atoms with Crippen LogP contribution in [0.25, 0.3) is 0 Å². The van der Waals surface area contributed by atoms with Crippen LogP contribution in [-0.4, -0.2) is 55.5 Å². The molecule has 3 aliphatic heterocycles. The molecule has 3 heterocycles. The monoisotopic (exact) mass is 342 g/mol. The smallest absolute Gasteiger partial charge is 0.253 e. The largest absolute Gasteiger partial charge is 0.372 e. The zero-order valence-corrected chi connectivity index (χ0v) is 14.9. The lowest BCUT2D eigenvalue weighted by atomic mass is 9.98. The molecule has 2 fully saturated rings. The van der Waals surface area contributed by atoms with Gasteiger partial charge in [0.15, 0.2) is 0 Å². The molecule has 0 saturated carbocycles. The summed E-state index contributed by atoms with van der Waals surface area (Å²) >= 11 is 0. The lowest BCUT2D eigenvalue weighted by molar-refractivity contribution is -0.115. The van der Waals surface area contributed by atoms with E-state index in [1.807, 2.05) is 37.2 Å². The molecule has 0 aromatic heterocycles. The van der Waals surface area contributed by atoms with E-state index in [0.717, 1.165) is 24.2 Å². The van der Waals surface area contributed by atoms with Gasteiger partial charge in [-0.3, -0.25) is 9.59 Å². The van der Waals surface area contributed by atoms with Gasteiger partial charge in [-0.25, -0.2) is 0 Å². The number of carbonyl (C=O) groups is 2. The maximum atomic E-state index is 13.0. The molecule has 2 atom stereocenters. The first-order chi connectivity index (χ1) is 12.0. The fourth-order valence-electron chi connectivity index (χ4n) is 4.42. The Bertz CT molecular complexity index is 693. The van der Waals surface area contributed by atoms with E-state index in [1.165, 1.54) is 12.8 Å². The molecule has 2 amide bonds. The Morgan fingerprint density at radius 3 is 2.68 bits per heavy atom. The number of piperidine rings is 1. The predicted octanol–water partition coefficient (Wildman–Crippen LogP) is 1.82. The van der Waals surface area contributed by atoms with Crippen molar-refractivity contribution in [3.8, 4) is 0 Å². The van der Waals surface area contributed by atoms with Crippen LogP contribution >= 0.6 is 0 Å². The van der Waals surface area contributed by atoms with Crippen molar-refractivity contribution in [2.45, 2.75) is 50.2 Å². The molecule has 2 bridgehead atoms. The van der Waals surface area contributed by atoms with Crippen molar-refractivity contribution in [3.05, 3.63) is 23.8 Å². The van der Waals surface area contributed by atoms with Crippen LogP contribution in [0.3, 0.4) is 0 Å². The van der Waals surface area contributed by atoms with Crippen molar-refractivity contribution in [2.24, 2.45) is 0 Å². The molecule has 6 heteroatoms. The second kappa shape index (κ2) is 6.33. The Morgan fingerprint density at radius 2 is 1.96 bits per heavy atom.